The minimum atomic E-state index is -2.78. The fourth-order valence-electron chi connectivity index (χ4n) is 6.80. The Morgan fingerprint density at radius 1 is 1.07 bits per heavy atom. The first-order chi connectivity index (χ1) is 19.6. The largest absolute Gasteiger partial charge is 0.432 e. The highest BCUT2D eigenvalue weighted by atomic mass is 35.5. The van der Waals surface area contributed by atoms with Crippen LogP contribution < -0.4 is 10.5 Å². The van der Waals surface area contributed by atoms with Gasteiger partial charge < -0.3 is 19.5 Å². The molecule has 1 amide bonds. The Balaban J connectivity index is 1.35. The van der Waals surface area contributed by atoms with Gasteiger partial charge in [0.25, 0.3) is 11.5 Å². The first-order valence-electron chi connectivity index (χ1n) is 13.8. The third-order valence-corrected chi connectivity index (χ3v) is 11.3. The summed E-state index contributed by atoms with van der Waals surface area (Å²) in [4.78, 5) is 40.3. The number of aromatic nitrogens is 2. The molecular weight excluding hydrogens is 558 g/mol. The van der Waals surface area contributed by atoms with Gasteiger partial charge in [0, 0.05) is 34.0 Å². The minimum Gasteiger partial charge on any atom is -0.432 e. The summed E-state index contributed by atoms with van der Waals surface area (Å²) < 4.78 is 7.98. The SMILES string of the molecule is C[C@H]1[C@H]([Si](C)(C)O)[C@@H](CCO)O[C@]12C(=O)N(Cc1ccc(-n3ncc4ccccc4c3=O)cc1)c1ccc(Cl)cc12. The monoisotopic (exact) mass is 589 g/mol. The third kappa shape index (κ3) is 4.43. The predicted octanol–water partition coefficient (Wildman–Crippen LogP) is 4.77. The molecule has 10 heteroatoms. The maximum atomic E-state index is 14.4. The number of benzene rings is 3. The number of anilines is 1. The lowest BCUT2D eigenvalue weighted by Crippen LogP contribution is -2.46. The molecule has 4 atom stereocenters. The van der Waals surface area contributed by atoms with Gasteiger partial charge in [0.15, 0.2) is 13.9 Å². The highest BCUT2D eigenvalue weighted by Crippen LogP contribution is 2.60. The molecule has 8 nitrogen and oxygen atoms in total. The molecule has 0 unspecified atom stereocenters. The molecule has 1 spiro atoms. The first-order valence-corrected chi connectivity index (χ1v) is 17.2. The zero-order valence-electron chi connectivity index (χ0n) is 23.1. The first kappa shape index (κ1) is 27.8. The number of aliphatic hydroxyl groups is 1. The number of aliphatic hydroxyl groups excluding tert-OH is 1. The fraction of sp³-hybridized carbons (Fsp3) is 0.323. The Hall–Kier alpha value is -3.34. The number of rotatable bonds is 6. The van der Waals surface area contributed by atoms with Crippen molar-refractivity contribution in [2.45, 2.75) is 50.2 Å². The number of hydrogen-bond acceptors (Lipinski definition) is 6. The van der Waals surface area contributed by atoms with Gasteiger partial charge >= 0.3 is 0 Å². The summed E-state index contributed by atoms with van der Waals surface area (Å²) in [6.45, 7) is 5.85. The molecule has 1 fully saturated rings. The summed E-state index contributed by atoms with van der Waals surface area (Å²) in [5, 5.41) is 16.0. The molecule has 6 rings (SSSR count). The standard InChI is InChI=1S/C31H32ClN3O5Si/c1-19-28(41(2,3)39)27(14-15-36)40-31(19)25-16-22(32)10-13-26(25)34(30(31)38)18-20-8-11-23(12-9-20)35-29(37)24-7-5-4-6-21(24)17-33-35/h4-13,16-17,19,27-28,36,39H,14-15,18H2,1-3H3/t19-,27+,28-,31+/m0/s1. The summed E-state index contributed by atoms with van der Waals surface area (Å²) in [5.74, 6) is -0.531. The average Bonchev–Trinajstić information content (AvgIpc) is 3.36. The molecule has 41 heavy (non-hydrogen) atoms. The van der Waals surface area contributed by atoms with Gasteiger partial charge in [-0.25, -0.2) is 0 Å². The van der Waals surface area contributed by atoms with Gasteiger partial charge in [0.05, 0.1) is 35.6 Å². The Kier molecular flexibility index (Phi) is 6.91. The molecule has 0 saturated carbocycles. The Labute approximate surface area is 243 Å². The molecule has 2 aliphatic rings. The maximum absolute atomic E-state index is 14.4. The number of ether oxygens (including phenoxy) is 1. The van der Waals surface area contributed by atoms with Gasteiger partial charge in [0.1, 0.15) is 0 Å². The van der Waals surface area contributed by atoms with E-state index in [1.165, 1.54) is 4.68 Å². The van der Waals surface area contributed by atoms with Gasteiger partial charge in [-0.3, -0.25) is 9.59 Å². The average molecular weight is 590 g/mol. The van der Waals surface area contributed by atoms with Crippen molar-refractivity contribution in [1.82, 2.24) is 9.78 Å². The van der Waals surface area contributed by atoms with Crippen LogP contribution >= 0.6 is 11.6 Å². The van der Waals surface area contributed by atoms with Crippen LogP contribution in [0.15, 0.2) is 77.7 Å². The molecule has 1 aromatic heterocycles. The minimum absolute atomic E-state index is 0.101. The highest BCUT2D eigenvalue weighted by Gasteiger charge is 2.66. The molecular formula is C31H32ClN3O5Si. The second kappa shape index (κ2) is 10.2. The summed E-state index contributed by atoms with van der Waals surface area (Å²) in [6.07, 6.45) is 1.55. The topological polar surface area (TPSA) is 105 Å². The summed E-state index contributed by atoms with van der Waals surface area (Å²) >= 11 is 6.44. The normalized spacial score (nSPS) is 24.0. The highest BCUT2D eigenvalue weighted by molar-refractivity contribution is 6.71. The van der Waals surface area contributed by atoms with E-state index < -0.39 is 20.0 Å². The van der Waals surface area contributed by atoms with Crippen LogP contribution in [0.2, 0.25) is 23.7 Å². The van der Waals surface area contributed by atoms with E-state index in [1.54, 1.807) is 29.3 Å². The van der Waals surface area contributed by atoms with E-state index in [0.717, 1.165) is 10.9 Å². The second-order valence-electron chi connectivity index (χ2n) is 11.5. The summed E-state index contributed by atoms with van der Waals surface area (Å²) in [7, 11) is -2.78. The molecule has 3 aromatic carbocycles. The Morgan fingerprint density at radius 2 is 1.80 bits per heavy atom. The maximum Gasteiger partial charge on any atom is 0.279 e. The zero-order valence-corrected chi connectivity index (χ0v) is 24.9. The number of carbonyl (C=O) groups excluding carboxylic acids is 1. The summed E-state index contributed by atoms with van der Waals surface area (Å²) in [5.41, 5.74) is 1.13. The smallest absolute Gasteiger partial charge is 0.279 e. The van der Waals surface area contributed by atoms with Crippen molar-refractivity contribution < 1.29 is 19.4 Å². The fourth-order valence-corrected chi connectivity index (χ4v) is 9.58. The molecule has 0 bridgehead atoms. The van der Waals surface area contributed by atoms with Crippen molar-refractivity contribution in [2.75, 3.05) is 11.5 Å². The molecule has 0 radical (unpaired) electrons. The third-order valence-electron chi connectivity index (χ3n) is 8.58. The van der Waals surface area contributed by atoms with E-state index >= 15 is 0 Å². The van der Waals surface area contributed by atoms with Crippen molar-refractivity contribution in [3.05, 3.63) is 99.4 Å². The van der Waals surface area contributed by atoms with Gasteiger partial charge in [-0.15, -0.1) is 0 Å². The Morgan fingerprint density at radius 3 is 2.51 bits per heavy atom. The molecule has 3 heterocycles. The number of fused-ring (bicyclic) bond motifs is 3. The quantitative estimate of drug-likeness (QED) is 0.314. The van der Waals surface area contributed by atoms with Gasteiger partial charge in [0.2, 0.25) is 0 Å². The van der Waals surface area contributed by atoms with E-state index in [1.807, 2.05) is 68.5 Å². The molecule has 4 aromatic rings. The van der Waals surface area contributed by atoms with Crippen LogP contribution in [0.3, 0.4) is 0 Å². The van der Waals surface area contributed by atoms with Crippen molar-refractivity contribution >= 4 is 42.3 Å². The molecule has 2 N–H and O–H groups in total. The van der Waals surface area contributed by atoms with Crippen molar-refractivity contribution in [1.29, 1.82) is 0 Å². The lowest BCUT2D eigenvalue weighted by atomic mass is 9.82. The van der Waals surface area contributed by atoms with E-state index in [4.69, 9.17) is 16.3 Å². The van der Waals surface area contributed by atoms with Crippen molar-refractivity contribution in [2.24, 2.45) is 5.92 Å². The van der Waals surface area contributed by atoms with Gasteiger partial charge in [-0.2, -0.15) is 9.78 Å². The lowest BCUT2D eigenvalue weighted by molar-refractivity contribution is -0.146. The van der Waals surface area contributed by atoms with Crippen LogP contribution in [0.5, 0.6) is 0 Å². The number of nitrogens with zero attached hydrogens (tertiary/aromatic N) is 3. The molecule has 0 aliphatic carbocycles. The van der Waals surface area contributed by atoms with Crippen molar-refractivity contribution in [3.8, 4) is 5.69 Å². The molecule has 212 valence electrons. The van der Waals surface area contributed by atoms with Crippen LogP contribution in [0.4, 0.5) is 5.69 Å². The van der Waals surface area contributed by atoms with E-state index in [2.05, 4.69) is 5.10 Å². The van der Waals surface area contributed by atoms with Gasteiger partial charge in [-0.1, -0.05) is 48.9 Å². The van der Waals surface area contributed by atoms with Crippen LogP contribution in [0.1, 0.15) is 24.5 Å². The molecule has 2 aliphatic heterocycles. The van der Waals surface area contributed by atoms with Crippen LogP contribution in [-0.4, -0.2) is 46.6 Å². The number of amides is 1. The van der Waals surface area contributed by atoms with E-state index in [9.17, 15) is 19.5 Å². The zero-order chi connectivity index (χ0) is 29.1. The second-order valence-corrected chi connectivity index (χ2v) is 16.0. The van der Waals surface area contributed by atoms with E-state index in [-0.39, 0.29) is 36.1 Å². The van der Waals surface area contributed by atoms with Crippen molar-refractivity contribution in [3.63, 3.8) is 0 Å². The Bertz CT molecular complexity index is 1700. The van der Waals surface area contributed by atoms with Gasteiger partial charge in [-0.05, 0) is 61.5 Å². The molecule has 1 saturated heterocycles. The summed E-state index contributed by atoms with van der Waals surface area (Å²) in [6, 6.07) is 20.1. The van der Waals surface area contributed by atoms with Crippen LogP contribution in [0, 0.1) is 5.92 Å². The van der Waals surface area contributed by atoms with Crippen LogP contribution in [0.25, 0.3) is 16.5 Å². The number of carbonyl (C=O) groups is 1. The predicted molar refractivity (Wildman–Crippen MR) is 161 cm³/mol. The van der Waals surface area contributed by atoms with Crippen LogP contribution in [-0.2, 0) is 21.7 Å². The number of halogens is 1. The number of hydrogen-bond donors (Lipinski definition) is 2. The lowest BCUT2D eigenvalue weighted by Gasteiger charge is -2.32. The van der Waals surface area contributed by atoms with E-state index in [0.29, 0.717) is 33.8 Å².